The van der Waals surface area contributed by atoms with E-state index >= 15 is 0 Å². The summed E-state index contributed by atoms with van der Waals surface area (Å²) < 4.78 is 0. The zero-order valence-electron chi connectivity index (χ0n) is 11.4. The highest BCUT2D eigenvalue weighted by Crippen LogP contribution is 2.58. The largest absolute Gasteiger partial charge is 0.360 e. The normalized spacial score (nSPS) is 26.4. The summed E-state index contributed by atoms with van der Waals surface area (Å²) in [6.07, 6.45) is 7.44. The van der Waals surface area contributed by atoms with E-state index in [-0.39, 0.29) is 16.9 Å². The molecular formula is C16H16N4. The maximum atomic E-state index is 9.68. The lowest BCUT2D eigenvalue weighted by atomic mass is 9.65. The highest BCUT2D eigenvalue weighted by atomic mass is 15.0. The molecule has 3 aliphatic rings. The quantitative estimate of drug-likeness (QED) is 0.681. The number of nitrogens with zero attached hydrogens (tertiary/aromatic N) is 3. The predicted molar refractivity (Wildman–Crippen MR) is 72.3 cm³/mol. The van der Waals surface area contributed by atoms with E-state index in [0.29, 0.717) is 5.70 Å². The van der Waals surface area contributed by atoms with E-state index in [1.165, 1.54) is 11.3 Å². The van der Waals surface area contributed by atoms with Gasteiger partial charge in [0, 0.05) is 11.1 Å². The fourth-order valence-corrected chi connectivity index (χ4v) is 4.25. The average molecular weight is 264 g/mol. The first-order valence-electron chi connectivity index (χ1n) is 7.20. The topological polar surface area (TPSA) is 83.4 Å². The van der Waals surface area contributed by atoms with E-state index in [2.05, 4.69) is 11.4 Å². The smallest absolute Gasteiger partial charge is 0.150 e. The molecule has 1 saturated carbocycles. The molecule has 0 radical (unpaired) electrons. The second kappa shape index (κ2) is 4.69. The Morgan fingerprint density at radius 1 is 1.05 bits per heavy atom. The molecule has 1 fully saturated rings. The third kappa shape index (κ3) is 1.57. The maximum Gasteiger partial charge on any atom is 0.150 e. The van der Waals surface area contributed by atoms with Crippen LogP contribution in [0.3, 0.4) is 0 Å². The van der Waals surface area contributed by atoms with Crippen molar-refractivity contribution in [2.24, 2.45) is 11.3 Å². The number of nitriles is 3. The minimum atomic E-state index is -0.365. The molecule has 1 N–H and O–H groups in total. The van der Waals surface area contributed by atoms with Gasteiger partial charge in [0.1, 0.15) is 17.7 Å². The number of nitrogens with one attached hydrogen (secondary N) is 1. The lowest BCUT2D eigenvalue weighted by molar-refractivity contribution is 0.271. The van der Waals surface area contributed by atoms with Crippen LogP contribution in [0.1, 0.15) is 44.9 Å². The van der Waals surface area contributed by atoms with Crippen molar-refractivity contribution in [1.82, 2.24) is 5.32 Å². The van der Waals surface area contributed by atoms with Gasteiger partial charge in [0.15, 0.2) is 0 Å². The van der Waals surface area contributed by atoms with Gasteiger partial charge in [-0.15, -0.1) is 0 Å². The number of allylic oxidation sites excluding steroid dienone is 4. The molecule has 2 aliphatic carbocycles. The van der Waals surface area contributed by atoms with Crippen LogP contribution in [-0.4, -0.2) is 0 Å². The Morgan fingerprint density at radius 2 is 1.75 bits per heavy atom. The Bertz CT molecular complexity index is 611. The van der Waals surface area contributed by atoms with Crippen LogP contribution >= 0.6 is 0 Å². The molecule has 1 unspecified atom stereocenters. The Balaban J connectivity index is 2.20. The highest BCUT2D eigenvalue weighted by Gasteiger charge is 2.51. The van der Waals surface area contributed by atoms with Crippen molar-refractivity contribution in [1.29, 1.82) is 15.8 Å². The molecule has 0 saturated heterocycles. The zero-order valence-corrected chi connectivity index (χ0v) is 11.4. The van der Waals surface area contributed by atoms with Crippen LogP contribution in [-0.2, 0) is 0 Å². The van der Waals surface area contributed by atoms with Gasteiger partial charge in [0.2, 0.25) is 0 Å². The molecule has 0 amide bonds. The summed E-state index contributed by atoms with van der Waals surface area (Å²) >= 11 is 0. The van der Waals surface area contributed by atoms with Gasteiger partial charge in [0.25, 0.3) is 0 Å². The summed E-state index contributed by atoms with van der Waals surface area (Å²) in [5, 5.41) is 31.3. The van der Waals surface area contributed by atoms with Crippen molar-refractivity contribution in [3.8, 4) is 18.2 Å². The maximum absolute atomic E-state index is 9.68. The zero-order chi connectivity index (χ0) is 14.2. The molecular weight excluding hydrogens is 248 g/mol. The molecule has 0 aromatic rings. The standard InChI is InChI=1S/C16H16N4/c17-8-11(9-18)15-13(10-19)16(6-1-2-7-16)12-4-3-5-14(12)20-15/h13,20H,1-7H2. The average Bonchev–Trinajstić information content (AvgIpc) is 3.10. The van der Waals surface area contributed by atoms with E-state index < -0.39 is 0 Å². The van der Waals surface area contributed by atoms with Crippen molar-refractivity contribution in [2.45, 2.75) is 44.9 Å². The van der Waals surface area contributed by atoms with E-state index in [1.54, 1.807) is 0 Å². The van der Waals surface area contributed by atoms with Gasteiger partial charge in [-0.2, -0.15) is 15.8 Å². The SMILES string of the molecule is N#CC(C#N)=C1NC2=C(CCC2)C2(CCCC2)C1C#N. The van der Waals surface area contributed by atoms with Crippen molar-refractivity contribution in [3.63, 3.8) is 0 Å². The van der Waals surface area contributed by atoms with Crippen LogP contribution in [0.15, 0.2) is 22.5 Å². The fraction of sp³-hybridized carbons (Fsp3) is 0.562. The van der Waals surface area contributed by atoms with Gasteiger partial charge in [-0.05, 0) is 37.7 Å². The lowest BCUT2D eigenvalue weighted by Crippen LogP contribution is -2.40. The summed E-state index contributed by atoms with van der Waals surface area (Å²) in [6.45, 7) is 0. The highest BCUT2D eigenvalue weighted by molar-refractivity contribution is 5.49. The molecule has 0 aromatic carbocycles. The minimum Gasteiger partial charge on any atom is -0.360 e. The van der Waals surface area contributed by atoms with Crippen molar-refractivity contribution in [3.05, 3.63) is 22.5 Å². The van der Waals surface area contributed by atoms with Gasteiger partial charge >= 0.3 is 0 Å². The van der Waals surface area contributed by atoms with Gasteiger partial charge in [-0.25, -0.2) is 0 Å². The number of hydrogen-bond donors (Lipinski definition) is 1. The summed E-state index contributed by atoms with van der Waals surface area (Å²) in [5.74, 6) is -0.365. The van der Waals surface area contributed by atoms with Crippen molar-refractivity contribution < 1.29 is 0 Å². The van der Waals surface area contributed by atoms with Crippen LogP contribution in [0, 0.1) is 45.3 Å². The molecule has 1 aliphatic heterocycles. The number of rotatable bonds is 0. The molecule has 1 spiro atoms. The van der Waals surface area contributed by atoms with Crippen LogP contribution in [0.4, 0.5) is 0 Å². The Kier molecular flexibility index (Phi) is 3.00. The Morgan fingerprint density at radius 3 is 2.35 bits per heavy atom. The molecule has 20 heavy (non-hydrogen) atoms. The second-order valence-electron chi connectivity index (χ2n) is 5.87. The van der Waals surface area contributed by atoms with Crippen LogP contribution < -0.4 is 5.32 Å². The van der Waals surface area contributed by atoms with Gasteiger partial charge in [-0.3, -0.25) is 0 Å². The van der Waals surface area contributed by atoms with Gasteiger partial charge in [-0.1, -0.05) is 12.8 Å². The van der Waals surface area contributed by atoms with E-state index in [9.17, 15) is 5.26 Å². The first kappa shape index (κ1) is 12.8. The number of hydrogen-bond acceptors (Lipinski definition) is 4. The first-order valence-corrected chi connectivity index (χ1v) is 7.20. The fourth-order valence-electron chi connectivity index (χ4n) is 4.25. The van der Waals surface area contributed by atoms with Gasteiger partial charge < -0.3 is 5.32 Å². The molecule has 1 heterocycles. The number of fused-ring (bicyclic) bond motifs is 1. The summed E-state index contributed by atoms with van der Waals surface area (Å²) in [4.78, 5) is 0. The first-order chi connectivity index (χ1) is 9.76. The molecule has 1 atom stereocenters. The second-order valence-corrected chi connectivity index (χ2v) is 5.87. The van der Waals surface area contributed by atoms with Gasteiger partial charge in [0.05, 0.1) is 17.7 Å². The molecule has 100 valence electrons. The van der Waals surface area contributed by atoms with Crippen LogP contribution in [0.25, 0.3) is 0 Å². The summed E-state index contributed by atoms with van der Waals surface area (Å²) in [6, 6.07) is 6.30. The molecule has 0 bridgehead atoms. The minimum absolute atomic E-state index is 0.0706. The van der Waals surface area contributed by atoms with E-state index in [4.69, 9.17) is 10.5 Å². The summed E-state index contributed by atoms with van der Waals surface area (Å²) in [7, 11) is 0. The molecule has 3 rings (SSSR count). The third-order valence-corrected chi connectivity index (χ3v) is 5.06. The van der Waals surface area contributed by atoms with Crippen molar-refractivity contribution in [2.75, 3.05) is 0 Å². The van der Waals surface area contributed by atoms with Crippen molar-refractivity contribution >= 4 is 0 Å². The lowest BCUT2D eigenvalue weighted by Gasteiger charge is -2.41. The third-order valence-electron chi connectivity index (χ3n) is 5.06. The van der Waals surface area contributed by atoms with Crippen LogP contribution in [0.2, 0.25) is 0 Å². The Labute approximate surface area is 119 Å². The Hall–Kier alpha value is -2.25. The monoisotopic (exact) mass is 264 g/mol. The van der Waals surface area contributed by atoms with Crippen LogP contribution in [0.5, 0.6) is 0 Å². The molecule has 4 nitrogen and oxygen atoms in total. The predicted octanol–water partition coefficient (Wildman–Crippen LogP) is 3.03. The molecule has 4 heteroatoms. The van der Waals surface area contributed by atoms with E-state index in [1.807, 2.05) is 12.1 Å². The molecule has 0 aromatic heterocycles. The van der Waals surface area contributed by atoms with E-state index in [0.717, 1.165) is 44.9 Å². The summed E-state index contributed by atoms with van der Waals surface area (Å²) in [5.41, 5.74) is 3.10.